The van der Waals surface area contributed by atoms with Crippen LogP contribution in [0.2, 0.25) is 0 Å². The Morgan fingerprint density at radius 1 is 1.50 bits per heavy atom. The van der Waals surface area contributed by atoms with Gasteiger partial charge in [-0.3, -0.25) is 9.69 Å². The Balaban J connectivity index is 2.11. The number of aliphatic carboxylic acids is 1. The lowest BCUT2D eigenvalue weighted by Crippen LogP contribution is -2.44. The van der Waals surface area contributed by atoms with Gasteiger partial charge in [-0.25, -0.2) is 0 Å². The zero-order chi connectivity index (χ0) is 14.5. The second-order valence-electron chi connectivity index (χ2n) is 5.01. The highest BCUT2D eigenvalue weighted by atomic mass is 32.2. The summed E-state index contributed by atoms with van der Waals surface area (Å²) in [5, 5.41) is 9.07. The van der Waals surface area contributed by atoms with E-state index in [1.165, 1.54) is 10.5 Å². The standard InChI is InChI=1S/C15H21NO2S2/c1-11(12-3-5-14(19-2)6-4-12)16-7-8-20-10-13(16)9-15(17)18/h3-6,11,13H,7-10H2,1-2H3,(H,17,18). The fourth-order valence-electron chi connectivity index (χ4n) is 2.63. The lowest BCUT2D eigenvalue weighted by molar-refractivity contribution is -0.138. The molecule has 2 unspecified atom stereocenters. The van der Waals surface area contributed by atoms with E-state index in [0.717, 1.165) is 18.1 Å². The lowest BCUT2D eigenvalue weighted by Gasteiger charge is -2.39. The van der Waals surface area contributed by atoms with Crippen molar-refractivity contribution < 1.29 is 9.90 Å². The summed E-state index contributed by atoms with van der Waals surface area (Å²) in [6.07, 6.45) is 2.31. The molecule has 0 aromatic heterocycles. The first kappa shape index (κ1) is 15.7. The van der Waals surface area contributed by atoms with Crippen molar-refractivity contribution in [2.45, 2.75) is 30.3 Å². The second kappa shape index (κ2) is 7.38. The van der Waals surface area contributed by atoms with Crippen LogP contribution in [-0.4, -0.2) is 46.3 Å². The van der Waals surface area contributed by atoms with E-state index in [0.29, 0.717) is 0 Å². The van der Waals surface area contributed by atoms with Crippen molar-refractivity contribution in [1.82, 2.24) is 4.90 Å². The van der Waals surface area contributed by atoms with E-state index in [2.05, 4.69) is 42.3 Å². The van der Waals surface area contributed by atoms with Crippen LogP contribution in [-0.2, 0) is 4.79 Å². The number of carboxylic acids is 1. The number of thioether (sulfide) groups is 2. The Labute approximate surface area is 129 Å². The van der Waals surface area contributed by atoms with Crippen LogP contribution in [0.25, 0.3) is 0 Å². The number of hydrogen-bond acceptors (Lipinski definition) is 4. The average molecular weight is 311 g/mol. The highest BCUT2D eigenvalue weighted by Gasteiger charge is 2.29. The van der Waals surface area contributed by atoms with Crippen LogP contribution in [0.4, 0.5) is 0 Å². The fraction of sp³-hybridized carbons (Fsp3) is 0.533. The number of rotatable bonds is 5. The topological polar surface area (TPSA) is 40.5 Å². The van der Waals surface area contributed by atoms with Crippen LogP contribution in [0.1, 0.15) is 24.9 Å². The molecule has 1 fully saturated rings. The SMILES string of the molecule is CSc1ccc(C(C)N2CCSCC2CC(=O)O)cc1. The van der Waals surface area contributed by atoms with Crippen molar-refractivity contribution in [2.24, 2.45) is 0 Å². The molecule has 2 atom stereocenters. The first-order valence-electron chi connectivity index (χ1n) is 6.81. The molecule has 1 N–H and O–H groups in total. The smallest absolute Gasteiger partial charge is 0.304 e. The van der Waals surface area contributed by atoms with Crippen molar-refractivity contribution >= 4 is 29.5 Å². The minimum absolute atomic E-state index is 0.140. The van der Waals surface area contributed by atoms with Crippen LogP contribution in [0, 0.1) is 0 Å². The van der Waals surface area contributed by atoms with E-state index in [9.17, 15) is 4.79 Å². The Morgan fingerprint density at radius 3 is 2.80 bits per heavy atom. The van der Waals surface area contributed by atoms with Crippen molar-refractivity contribution in [3.05, 3.63) is 29.8 Å². The van der Waals surface area contributed by atoms with Crippen LogP contribution in [0.15, 0.2) is 29.2 Å². The molecule has 0 spiro atoms. The molecule has 0 saturated carbocycles. The van der Waals surface area contributed by atoms with E-state index < -0.39 is 5.97 Å². The number of carbonyl (C=O) groups is 1. The molecule has 0 aliphatic carbocycles. The lowest BCUT2D eigenvalue weighted by atomic mass is 10.0. The molecular formula is C15H21NO2S2. The molecule has 1 aliphatic rings. The van der Waals surface area contributed by atoms with Gasteiger partial charge < -0.3 is 5.11 Å². The molecule has 5 heteroatoms. The van der Waals surface area contributed by atoms with Crippen LogP contribution in [0.3, 0.4) is 0 Å². The monoisotopic (exact) mass is 311 g/mol. The Hall–Kier alpha value is -0.650. The molecule has 1 heterocycles. The summed E-state index contributed by atoms with van der Waals surface area (Å²) in [5.41, 5.74) is 1.27. The van der Waals surface area contributed by atoms with Crippen molar-refractivity contribution in [3.63, 3.8) is 0 Å². The Bertz CT molecular complexity index is 450. The van der Waals surface area contributed by atoms with E-state index >= 15 is 0 Å². The van der Waals surface area contributed by atoms with Crippen molar-refractivity contribution in [1.29, 1.82) is 0 Å². The van der Waals surface area contributed by atoms with Crippen molar-refractivity contribution in [3.8, 4) is 0 Å². The highest BCUT2D eigenvalue weighted by molar-refractivity contribution is 7.99. The summed E-state index contributed by atoms with van der Waals surface area (Å²) < 4.78 is 0. The van der Waals surface area contributed by atoms with Gasteiger partial charge in [-0.1, -0.05) is 12.1 Å². The molecule has 0 bridgehead atoms. The molecule has 3 nitrogen and oxygen atoms in total. The Kier molecular flexibility index (Phi) is 5.81. The molecular weight excluding hydrogens is 290 g/mol. The quantitative estimate of drug-likeness (QED) is 0.844. The molecule has 2 rings (SSSR count). The number of nitrogens with zero attached hydrogens (tertiary/aromatic N) is 1. The Morgan fingerprint density at radius 2 is 2.20 bits per heavy atom. The van der Waals surface area contributed by atoms with Gasteiger partial charge >= 0.3 is 5.97 Å². The number of carboxylic acid groups (broad SMARTS) is 1. The third-order valence-corrected chi connectivity index (χ3v) is 5.61. The zero-order valence-electron chi connectivity index (χ0n) is 11.9. The highest BCUT2D eigenvalue weighted by Crippen LogP contribution is 2.30. The van der Waals surface area contributed by atoms with Crippen molar-refractivity contribution in [2.75, 3.05) is 24.3 Å². The largest absolute Gasteiger partial charge is 0.481 e. The fourth-order valence-corrected chi connectivity index (χ4v) is 4.13. The molecule has 110 valence electrons. The molecule has 1 saturated heterocycles. The van der Waals surface area contributed by atoms with E-state index in [1.807, 2.05) is 11.8 Å². The number of benzene rings is 1. The molecule has 1 aromatic rings. The maximum absolute atomic E-state index is 11.0. The van der Waals surface area contributed by atoms with Gasteiger partial charge in [-0.15, -0.1) is 11.8 Å². The summed E-state index contributed by atoms with van der Waals surface area (Å²) in [6, 6.07) is 9.02. The third kappa shape index (κ3) is 3.93. The van der Waals surface area contributed by atoms with Gasteiger partial charge in [0.05, 0.1) is 6.42 Å². The summed E-state index contributed by atoms with van der Waals surface area (Å²) in [5.74, 6) is 1.30. The summed E-state index contributed by atoms with van der Waals surface area (Å²) in [4.78, 5) is 14.6. The van der Waals surface area contributed by atoms with Gasteiger partial charge in [-0.05, 0) is 30.9 Å². The first-order valence-corrected chi connectivity index (χ1v) is 9.19. The average Bonchev–Trinajstić information content (AvgIpc) is 2.46. The van der Waals surface area contributed by atoms with Gasteiger partial charge in [-0.2, -0.15) is 11.8 Å². The second-order valence-corrected chi connectivity index (χ2v) is 7.04. The van der Waals surface area contributed by atoms with Gasteiger partial charge in [0.25, 0.3) is 0 Å². The summed E-state index contributed by atoms with van der Waals surface area (Å²) in [7, 11) is 0. The maximum Gasteiger partial charge on any atom is 0.304 e. The van der Waals surface area contributed by atoms with Crippen LogP contribution >= 0.6 is 23.5 Å². The first-order chi connectivity index (χ1) is 9.61. The summed E-state index contributed by atoms with van der Waals surface area (Å²) >= 11 is 3.60. The third-order valence-electron chi connectivity index (χ3n) is 3.78. The predicted molar refractivity (Wildman–Crippen MR) is 86.7 cm³/mol. The maximum atomic E-state index is 11.0. The minimum Gasteiger partial charge on any atom is -0.481 e. The molecule has 1 aromatic carbocycles. The molecule has 0 radical (unpaired) electrons. The predicted octanol–water partition coefficient (Wildman–Crippen LogP) is 3.36. The van der Waals surface area contributed by atoms with E-state index in [4.69, 9.17) is 5.11 Å². The minimum atomic E-state index is -0.701. The van der Waals surface area contributed by atoms with Crippen LogP contribution in [0.5, 0.6) is 0 Å². The van der Waals surface area contributed by atoms with Crippen LogP contribution < -0.4 is 0 Å². The molecule has 0 amide bonds. The zero-order valence-corrected chi connectivity index (χ0v) is 13.5. The molecule has 20 heavy (non-hydrogen) atoms. The van der Waals surface area contributed by atoms with E-state index in [-0.39, 0.29) is 18.5 Å². The summed E-state index contributed by atoms with van der Waals surface area (Å²) in [6.45, 7) is 3.15. The van der Waals surface area contributed by atoms with Gasteiger partial charge in [0.1, 0.15) is 0 Å². The van der Waals surface area contributed by atoms with Gasteiger partial charge in [0, 0.05) is 35.0 Å². The van der Waals surface area contributed by atoms with Gasteiger partial charge in [0.2, 0.25) is 0 Å². The normalized spacial score (nSPS) is 21.6. The number of hydrogen-bond donors (Lipinski definition) is 1. The molecule has 1 aliphatic heterocycles. The van der Waals surface area contributed by atoms with Gasteiger partial charge in [0.15, 0.2) is 0 Å². The van der Waals surface area contributed by atoms with E-state index in [1.54, 1.807) is 11.8 Å².